The summed E-state index contributed by atoms with van der Waals surface area (Å²) in [6.45, 7) is 2.48. The van der Waals surface area contributed by atoms with Gasteiger partial charge in [0.05, 0.1) is 12.2 Å². The van der Waals surface area contributed by atoms with E-state index in [1.807, 2.05) is 31.2 Å². The molecular weight excluding hydrogens is 348 g/mol. The molecule has 0 aromatic heterocycles. The van der Waals surface area contributed by atoms with E-state index in [1.165, 1.54) is 18.1 Å². The number of carbonyl (C=O) groups is 2. The Kier molecular flexibility index (Phi) is 5.25. The number of rotatable bonds is 6. The summed E-state index contributed by atoms with van der Waals surface area (Å²) in [5.74, 6) is 1.16. The minimum atomic E-state index is -0.357. The lowest BCUT2D eigenvalue weighted by molar-refractivity contribution is 0.0420. The Bertz CT molecular complexity index is 937. The van der Waals surface area contributed by atoms with Crippen LogP contribution in [0, 0.1) is 24.7 Å². The van der Waals surface area contributed by atoms with Crippen molar-refractivity contribution in [2.24, 2.45) is 17.8 Å². The molecule has 1 saturated carbocycles. The van der Waals surface area contributed by atoms with Gasteiger partial charge in [-0.1, -0.05) is 60.2 Å². The summed E-state index contributed by atoms with van der Waals surface area (Å²) in [4.78, 5) is 24.9. The number of carbonyl (C=O) groups excluding carboxylic acids is 2. The van der Waals surface area contributed by atoms with Crippen LogP contribution in [-0.2, 0) is 4.74 Å². The quantitative estimate of drug-likeness (QED) is 0.301. The number of ketones is 1. The topological polar surface area (TPSA) is 43.4 Å². The van der Waals surface area contributed by atoms with Crippen LogP contribution < -0.4 is 0 Å². The van der Waals surface area contributed by atoms with E-state index in [0.717, 1.165) is 12.0 Å². The number of fused-ring (bicyclic) bond motifs is 2. The van der Waals surface area contributed by atoms with Crippen molar-refractivity contribution in [1.82, 2.24) is 0 Å². The second kappa shape index (κ2) is 7.97. The summed E-state index contributed by atoms with van der Waals surface area (Å²) >= 11 is 0. The fourth-order valence-electron chi connectivity index (χ4n) is 4.10. The number of ether oxygens (including phenoxy) is 1. The molecule has 2 aromatic rings. The van der Waals surface area contributed by atoms with Crippen molar-refractivity contribution in [3.8, 4) is 0 Å². The zero-order valence-corrected chi connectivity index (χ0v) is 16.0. The van der Waals surface area contributed by atoms with Crippen molar-refractivity contribution in [2.75, 3.05) is 6.61 Å². The minimum Gasteiger partial charge on any atom is -0.462 e. The highest BCUT2D eigenvalue weighted by atomic mass is 16.5. The summed E-state index contributed by atoms with van der Waals surface area (Å²) in [6, 6.07) is 14.7. The summed E-state index contributed by atoms with van der Waals surface area (Å²) in [5, 5.41) is 0. The molecule has 0 heterocycles. The molecule has 3 nitrogen and oxygen atoms in total. The van der Waals surface area contributed by atoms with Gasteiger partial charge in [0.15, 0.2) is 5.78 Å². The van der Waals surface area contributed by atoms with Crippen molar-refractivity contribution >= 4 is 17.8 Å². The smallest absolute Gasteiger partial charge is 0.338 e. The molecule has 0 amide bonds. The van der Waals surface area contributed by atoms with Gasteiger partial charge in [0.25, 0.3) is 0 Å². The van der Waals surface area contributed by atoms with E-state index in [0.29, 0.717) is 35.5 Å². The third-order valence-electron chi connectivity index (χ3n) is 5.73. The van der Waals surface area contributed by atoms with Crippen molar-refractivity contribution in [2.45, 2.75) is 19.8 Å². The molecule has 4 rings (SSSR count). The third-order valence-corrected chi connectivity index (χ3v) is 5.73. The SMILES string of the molecule is Cc1ccc(/C=C/C(=O)c2cccc(C(=O)OCC3CC4C=CC3C4)c2)cc1. The van der Waals surface area contributed by atoms with Crippen LogP contribution in [0.4, 0.5) is 0 Å². The van der Waals surface area contributed by atoms with Crippen LogP contribution in [0.15, 0.2) is 66.8 Å². The Labute approximate surface area is 165 Å². The molecule has 2 bridgehead atoms. The van der Waals surface area contributed by atoms with Gasteiger partial charge in [-0.15, -0.1) is 0 Å². The number of benzene rings is 2. The molecule has 2 aliphatic rings. The molecule has 142 valence electrons. The monoisotopic (exact) mass is 372 g/mol. The molecular formula is C25H24O3. The molecule has 0 radical (unpaired) electrons. The normalized spacial score (nSPS) is 22.7. The second-order valence-electron chi connectivity index (χ2n) is 7.83. The van der Waals surface area contributed by atoms with Gasteiger partial charge >= 0.3 is 5.97 Å². The highest BCUT2D eigenvalue weighted by molar-refractivity contribution is 6.08. The van der Waals surface area contributed by atoms with E-state index < -0.39 is 0 Å². The summed E-state index contributed by atoms with van der Waals surface area (Å²) in [6.07, 6.45) is 10.2. The fourth-order valence-corrected chi connectivity index (χ4v) is 4.10. The van der Waals surface area contributed by atoms with Crippen LogP contribution in [0.1, 0.15) is 44.7 Å². The molecule has 0 saturated heterocycles. The molecule has 2 aromatic carbocycles. The molecule has 28 heavy (non-hydrogen) atoms. The van der Waals surface area contributed by atoms with Crippen LogP contribution in [0.2, 0.25) is 0 Å². The first kappa shape index (κ1) is 18.4. The average molecular weight is 372 g/mol. The summed E-state index contributed by atoms with van der Waals surface area (Å²) in [7, 11) is 0. The predicted molar refractivity (Wildman–Crippen MR) is 110 cm³/mol. The van der Waals surface area contributed by atoms with Gasteiger partial charge in [-0.2, -0.15) is 0 Å². The zero-order valence-electron chi connectivity index (χ0n) is 16.0. The van der Waals surface area contributed by atoms with E-state index in [1.54, 1.807) is 30.3 Å². The van der Waals surface area contributed by atoms with E-state index in [2.05, 4.69) is 12.2 Å². The van der Waals surface area contributed by atoms with Crippen LogP contribution in [-0.4, -0.2) is 18.4 Å². The van der Waals surface area contributed by atoms with Gasteiger partial charge in [-0.05, 0) is 61.3 Å². The lowest BCUT2D eigenvalue weighted by Gasteiger charge is -2.17. The lowest BCUT2D eigenvalue weighted by atomic mass is 9.94. The van der Waals surface area contributed by atoms with Crippen LogP contribution in [0.25, 0.3) is 6.08 Å². The van der Waals surface area contributed by atoms with Crippen molar-refractivity contribution in [3.63, 3.8) is 0 Å². The van der Waals surface area contributed by atoms with E-state index in [-0.39, 0.29) is 11.8 Å². The van der Waals surface area contributed by atoms with Gasteiger partial charge in [0.1, 0.15) is 0 Å². The van der Waals surface area contributed by atoms with Crippen LogP contribution in [0.3, 0.4) is 0 Å². The highest BCUT2D eigenvalue weighted by Crippen LogP contribution is 2.43. The summed E-state index contributed by atoms with van der Waals surface area (Å²) in [5.41, 5.74) is 3.06. The van der Waals surface area contributed by atoms with Crippen molar-refractivity contribution in [1.29, 1.82) is 0 Å². The van der Waals surface area contributed by atoms with Crippen molar-refractivity contribution in [3.05, 3.63) is 89.0 Å². The third kappa shape index (κ3) is 4.14. The molecule has 1 fully saturated rings. The van der Waals surface area contributed by atoms with Gasteiger partial charge in [-0.25, -0.2) is 4.79 Å². The van der Waals surface area contributed by atoms with Gasteiger partial charge in [0.2, 0.25) is 0 Å². The van der Waals surface area contributed by atoms with Crippen molar-refractivity contribution < 1.29 is 14.3 Å². The molecule has 0 aliphatic heterocycles. The lowest BCUT2D eigenvalue weighted by Crippen LogP contribution is -2.18. The fraction of sp³-hybridized carbons (Fsp3) is 0.280. The molecule has 3 heteroatoms. The van der Waals surface area contributed by atoms with Gasteiger partial charge < -0.3 is 4.74 Å². The number of esters is 1. The maximum atomic E-state index is 12.5. The Morgan fingerprint density at radius 1 is 1.04 bits per heavy atom. The Morgan fingerprint density at radius 2 is 1.82 bits per heavy atom. The standard InChI is InChI=1S/C25H24O3/c1-17-5-7-18(8-6-17)10-12-24(26)21-3-2-4-22(15-21)25(27)28-16-23-14-19-9-11-20(23)13-19/h2-12,15,19-20,23H,13-14,16H2,1H3/b12-10+. The summed E-state index contributed by atoms with van der Waals surface area (Å²) < 4.78 is 5.54. The Balaban J connectivity index is 1.37. The van der Waals surface area contributed by atoms with E-state index >= 15 is 0 Å². The first-order valence-electron chi connectivity index (χ1n) is 9.83. The van der Waals surface area contributed by atoms with E-state index in [4.69, 9.17) is 4.74 Å². The van der Waals surface area contributed by atoms with Crippen LogP contribution in [0.5, 0.6) is 0 Å². The second-order valence-corrected chi connectivity index (χ2v) is 7.83. The molecule has 3 atom stereocenters. The maximum absolute atomic E-state index is 12.5. The van der Waals surface area contributed by atoms with Gasteiger partial charge in [-0.3, -0.25) is 4.79 Å². The number of hydrogen-bond acceptors (Lipinski definition) is 3. The maximum Gasteiger partial charge on any atom is 0.338 e. The molecule has 3 unspecified atom stereocenters. The highest BCUT2D eigenvalue weighted by Gasteiger charge is 2.36. The minimum absolute atomic E-state index is 0.131. The number of allylic oxidation sites excluding steroid dienone is 3. The van der Waals surface area contributed by atoms with Gasteiger partial charge in [0, 0.05) is 5.56 Å². The molecule has 0 N–H and O–H groups in total. The molecule has 0 spiro atoms. The van der Waals surface area contributed by atoms with E-state index in [9.17, 15) is 9.59 Å². The Hall–Kier alpha value is -2.94. The number of hydrogen-bond donors (Lipinski definition) is 0. The van der Waals surface area contributed by atoms with Crippen LogP contribution >= 0.6 is 0 Å². The zero-order chi connectivity index (χ0) is 19.5. The average Bonchev–Trinajstić information content (AvgIpc) is 3.35. The first-order valence-corrected chi connectivity index (χ1v) is 9.83. The number of aryl methyl sites for hydroxylation is 1. The first-order chi connectivity index (χ1) is 13.6. The Morgan fingerprint density at radius 3 is 2.54 bits per heavy atom. The molecule has 2 aliphatic carbocycles. The largest absolute Gasteiger partial charge is 0.462 e. The predicted octanol–water partition coefficient (Wildman–Crippen LogP) is 5.26.